The summed E-state index contributed by atoms with van der Waals surface area (Å²) >= 11 is 0. The molecule has 0 bridgehead atoms. The van der Waals surface area contributed by atoms with Crippen molar-refractivity contribution in [2.45, 2.75) is 26.4 Å². The molecule has 0 aliphatic heterocycles. The molecule has 13 heteroatoms. The molecule has 0 unspecified atom stereocenters. The number of benzene rings is 3. The maximum atomic E-state index is 14.5. The molecular weight excluding hydrogens is 624 g/mol. The third kappa shape index (κ3) is 7.41. The first-order valence-corrected chi connectivity index (χ1v) is 14.8. The molecule has 48 heavy (non-hydrogen) atoms. The normalized spacial score (nSPS) is 11.1. The second-order valence-electron chi connectivity index (χ2n) is 11.3. The summed E-state index contributed by atoms with van der Waals surface area (Å²) in [6, 6.07) is 12.9. The Labute approximate surface area is 278 Å². The molecule has 1 aromatic heterocycles. The third-order valence-electron chi connectivity index (χ3n) is 7.12. The lowest BCUT2D eigenvalue weighted by atomic mass is 9.95. The Hall–Kier alpha value is -5.43. The molecule has 3 aromatic carbocycles. The number of amides is 1. The summed E-state index contributed by atoms with van der Waals surface area (Å²) < 4.78 is 45.3. The van der Waals surface area contributed by atoms with Crippen molar-refractivity contribution < 1.29 is 47.5 Å². The van der Waals surface area contributed by atoms with Crippen LogP contribution >= 0.6 is 0 Å². The molecule has 0 fully saturated rings. The quantitative estimate of drug-likeness (QED) is 0.144. The lowest BCUT2D eigenvalue weighted by Gasteiger charge is -2.22. The van der Waals surface area contributed by atoms with E-state index in [9.17, 15) is 14.4 Å². The van der Waals surface area contributed by atoms with E-state index in [1.54, 1.807) is 76.4 Å². The number of methoxy groups -OCH3 is 6. The number of rotatable bonds is 12. The van der Waals surface area contributed by atoms with Gasteiger partial charge < -0.3 is 37.9 Å². The van der Waals surface area contributed by atoms with Gasteiger partial charge in [0.2, 0.25) is 5.75 Å². The molecule has 0 spiro atoms. The number of hydrogen-bond acceptors (Lipinski definition) is 11. The van der Waals surface area contributed by atoms with E-state index in [4.69, 9.17) is 37.9 Å². The number of pyridine rings is 1. The minimum absolute atomic E-state index is 0.0905. The first-order chi connectivity index (χ1) is 22.9. The largest absolute Gasteiger partial charge is 0.493 e. The van der Waals surface area contributed by atoms with Crippen molar-refractivity contribution in [3.05, 3.63) is 64.6 Å². The Morgan fingerprint density at radius 2 is 1.35 bits per heavy atom. The summed E-state index contributed by atoms with van der Waals surface area (Å²) in [7, 11) is 8.67. The average Bonchev–Trinajstić information content (AvgIpc) is 3.06. The van der Waals surface area contributed by atoms with Crippen molar-refractivity contribution in [3.8, 4) is 45.6 Å². The number of esters is 1. The summed E-state index contributed by atoms with van der Waals surface area (Å²) in [5, 5.41) is 3.24. The molecule has 1 amide bonds. The highest BCUT2D eigenvalue weighted by Crippen LogP contribution is 2.45. The van der Waals surface area contributed by atoms with E-state index in [1.807, 2.05) is 0 Å². The Kier molecular flexibility index (Phi) is 11.1. The molecule has 0 atom stereocenters. The van der Waals surface area contributed by atoms with Crippen molar-refractivity contribution in [2.24, 2.45) is 0 Å². The predicted molar refractivity (Wildman–Crippen MR) is 180 cm³/mol. The number of ether oxygens (including phenoxy) is 8. The van der Waals surface area contributed by atoms with E-state index < -0.39 is 23.2 Å². The number of carbonyl (C=O) groups excluding carboxylic acids is 2. The van der Waals surface area contributed by atoms with Gasteiger partial charge in [-0.1, -0.05) is 0 Å². The zero-order valence-electron chi connectivity index (χ0n) is 28.5. The zero-order valence-corrected chi connectivity index (χ0v) is 28.5. The number of aromatic nitrogens is 1. The molecule has 1 N–H and O–H groups in total. The van der Waals surface area contributed by atoms with Crippen LogP contribution in [0, 0.1) is 0 Å². The highest BCUT2D eigenvalue weighted by Gasteiger charge is 2.28. The molecule has 4 aromatic rings. The van der Waals surface area contributed by atoms with Crippen LogP contribution in [0.15, 0.2) is 53.3 Å². The molecule has 0 saturated heterocycles. The van der Waals surface area contributed by atoms with E-state index in [1.165, 1.54) is 40.1 Å². The van der Waals surface area contributed by atoms with Crippen LogP contribution in [0.2, 0.25) is 0 Å². The van der Waals surface area contributed by atoms with Crippen LogP contribution in [0.3, 0.4) is 0 Å². The maximum absolute atomic E-state index is 14.5. The van der Waals surface area contributed by atoms with E-state index in [2.05, 4.69) is 5.32 Å². The van der Waals surface area contributed by atoms with Gasteiger partial charge in [-0.05, 0) is 74.9 Å². The lowest BCUT2D eigenvalue weighted by molar-refractivity contribution is 0.0589. The highest BCUT2D eigenvalue weighted by atomic mass is 16.6. The lowest BCUT2D eigenvalue weighted by Crippen LogP contribution is -2.28. The van der Waals surface area contributed by atoms with Crippen LogP contribution in [0.5, 0.6) is 28.7 Å². The van der Waals surface area contributed by atoms with Crippen LogP contribution in [0.25, 0.3) is 27.6 Å². The second-order valence-corrected chi connectivity index (χ2v) is 11.3. The number of carbonyl (C=O) groups is 2. The van der Waals surface area contributed by atoms with Gasteiger partial charge in [0.25, 0.3) is 5.56 Å². The van der Waals surface area contributed by atoms with Crippen LogP contribution in [0.4, 0.5) is 10.5 Å². The number of hydrogen-bond donors (Lipinski definition) is 1. The molecule has 0 saturated carbocycles. The molecule has 0 radical (unpaired) electrons. The summed E-state index contributed by atoms with van der Waals surface area (Å²) in [4.78, 5) is 40.6. The third-order valence-corrected chi connectivity index (χ3v) is 7.12. The van der Waals surface area contributed by atoms with E-state index in [-0.39, 0.29) is 17.7 Å². The Morgan fingerprint density at radius 1 is 0.750 bits per heavy atom. The first-order valence-electron chi connectivity index (χ1n) is 14.8. The minimum atomic E-state index is -0.798. The monoisotopic (exact) mass is 664 g/mol. The summed E-state index contributed by atoms with van der Waals surface area (Å²) in [5.41, 5.74) is 0.139. The van der Waals surface area contributed by atoms with Gasteiger partial charge >= 0.3 is 12.1 Å². The number of fused-ring (bicyclic) bond motifs is 1. The fourth-order valence-electron chi connectivity index (χ4n) is 5.08. The molecule has 256 valence electrons. The molecular formula is C35H40N2O11. The van der Waals surface area contributed by atoms with Gasteiger partial charge in [-0.3, -0.25) is 14.7 Å². The van der Waals surface area contributed by atoms with Gasteiger partial charge in [-0.2, -0.15) is 0 Å². The van der Waals surface area contributed by atoms with Crippen molar-refractivity contribution in [1.82, 2.24) is 4.57 Å². The zero-order chi connectivity index (χ0) is 35.2. The fraction of sp³-hybridized carbons (Fsp3) is 0.343. The van der Waals surface area contributed by atoms with Gasteiger partial charge in [-0.25, -0.2) is 9.59 Å². The topological polar surface area (TPSA) is 142 Å². The molecule has 0 aliphatic rings. The molecule has 1 heterocycles. The van der Waals surface area contributed by atoms with Gasteiger partial charge in [0.05, 0.1) is 47.5 Å². The van der Waals surface area contributed by atoms with Crippen molar-refractivity contribution in [3.63, 3.8) is 0 Å². The minimum Gasteiger partial charge on any atom is -0.493 e. The SMILES string of the molecule is COCCOc1cc2c(=O)n(-c3ccc(NC(=O)OC(C)(C)C)cc3)c(C(=O)OC)c(-c3cc(OC)c(OC)c(OC)c3)c2cc1OC. The highest BCUT2D eigenvalue weighted by molar-refractivity contribution is 6.08. The van der Waals surface area contributed by atoms with E-state index in [0.717, 1.165) is 0 Å². The van der Waals surface area contributed by atoms with Gasteiger partial charge in [0, 0.05) is 29.4 Å². The van der Waals surface area contributed by atoms with Crippen LogP contribution < -0.4 is 34.6 Å². The van der Waals surface area contributed by atoms with Crippen LogP contribution in [0.1, 0.15) is 31.3 Å². The smallest absolute Gasteiger partial charge is 0.412 e. The number of nitrogens with one attached hydrogen (secondary N) is 1. The summed E-state index contributed by atoms with van der Waals surface area (Å²) in [6.07, 6.45) is -0.645. The predicted octanol–water partition coefficient (Wildman–Crippen LogP) is 5.85. The molecule has 0 aliphatic carbocycles. The number of anilines is 1. The van der Waals surface area contributed by atoms with Gasteiger partial charge in [0.1, 0.15) is 17.9 Å². The van der Waals surface area contributed by atoms with Gasteiger partial charge in [-0.15, -0.1) is 0 Å². The summed E-state index contributed by atoms with van der Waals surface area (Å²) in [5.74, 6) is 0.783. The maximum Gasteiger partial charge on any atom is 0.412 e. The van der Waals surface area contributed by atoms with Crippen LogP contribution in [-0.2, 0) is 14.2 Å². The Morgan fingerprint density at radius 3 is 1.88 bits per heavy atom. The van der Waals surface area contributed by atoms with Crippen LogP contribution in [-0.4, -0.2) is 78.1 Å². The van der Waals surface area contributed by atoms with E-state index in [0.29, 0.717) is 63.2 Å². The summed E-state index contributed by atoms with van der Waals surface area (Å²) in [6.45, 7) is 5.76. The van der Waals surface area contributed by atoms with Crippen molar-refractivity contribution >= 4 is 28.5 Å². The Bertz CT molecular complexity index is 1830. The van der Waals surface area contributed by atoms with Crippen molar-refractivity contribution in [2.75, 3.05) is 61.2 Å². The average molecular weight is 665 g/mol. The Balaban J connectivity index is 2.10. The standard InChI is InChI=1S/C35H40N2O11/c1-35(2,3)48-34(40)36-21-10-12-22(13-11-21)37-30(33(39)46-9)29(20-16-27(43-6)31(45-8)28(17-20)44-7)23-18-25(42-5)26(47-15-14-41-4)19-24(23)32(37)38/h10-13,16-19H,14-15H2,1-9H3,(H,36,40). The fourth-order valence-corrected chi connectivity index (χ4v) is 5.08. The van der Waals surface area contributed by atoms with Gasteiger partial charge in [0.15, 0.2) is 23.0 Å². The van der Waals surface area contributed by atoms with E-state index >= 15 is 0 Å². The first kappa shape index (κ1) is 35.4. The second kappa shape index (κ2) is 15.0. The number of nitrogens with zero attached hydrogens (tertiary/aromatic N) is 1. The molecule has 13 nitrogen and oxygen atoms in total. The van der Waals surface area contributed by atoms with Crippen molar-refractivity contribution in [1.29, 1.82) is 0 Å². The molecule has 4 rings (SSSR count).